The molecule has 7 nitrogen and oxygen atoms in total. The van der Waals surface area contributed by atoms with Crippen molar-refractivity contribution in [2.24, 2.45) is 11.8 Å². The van der Waals surface area contributed by atoms with Gasteiger partial charge in [0.25, 0.3) is 0 Å². The lowest BCUT2D eigenvalue weighted by Gasteiger charge is -2.29. The van der Waals surface area contributed by atoms with Gasteiger partial charge in [-0.3, -0.25) is 24.6 Å². The first-order valence-corrected chi connectivity index (χ1v) is 11.8. The number of fused-ring (bicyclic) bond motifs is 4. The molecule has 3 amide bonds. The minimum absolute atomic E-state index is 0.158. The first-order chi connectivity index (χ1) is 17.0. The van der Waals surface area contributed by atoms with Crippen LogP contribution in [0.1, 0.15) is 16.7 Å². The zero-order chi connectivity index (χ0) is 24.2. The summed E-state index contributed by atoms with van der Waals surface area (Å²) in [5, 5.41) is 16.0. The van der Waals surface area contributed by atoms with Crippen LogP contribution in [0.5, 0.6) is 5.75 Å². The van der Waals surface area contributed by atoms with Gasteiger partial charge < -0.3 is 10.4 Å². The first kappa shape index (κ1) is 21.6. The average Bonchev–Trinajstić information content (AvgIpc) is 3.44. The summed E-state index contributed by atoms with van der Waals surface area (Å²) in [7, 11) is 0. The number of hydrogen-bond acceptors (Lipinski definition) is 5. The Balaban J connectivity index is 1.39. The van der Waals surface area contributed by atoms with E-state index in [1.807, 2.05) is 54.6 Å². The number of anilines is 1. The van der Waals surface area contributed by atoms with Crippen LogP contribution in [0.3, 0.4) is 0 Å². The number of carbonyl (C=O) groups excluding carboxylic acids is 3. The number of nitrogens with zero attached hydrogens (tertiary/aromatic N) is 1. The van der Waals surface area contributed by atoms with Gasteiger partial charge in [0.15, 0.2) is 0 Å². The Morgan fingerprint density at radius 2 is 1.54 bits per heavy atom. The van der Waals surface area contributed by atoms with E-state index in [1.165, 1.54) is 4.90 Å². The van der Waals surface area contributed by atoms with Crippen LogP contribution in [-0.2, 0) is 32.8 Å². The standard InChI is InChI=1S/C28H25N3O4/c32-19-12-10-18(11-13-19)16-22-23-24(28(30-22)20-8-4-5-9-21(20)29-27(28)35)26(34)31(25(23)33)15-14-17-6-2-1-3-7-17/h1-13,22-24,30,32H,14-16H2,(H,29,35)/t22-,23-,24+,28+/m1/s1. The second-order valence-electron chi connectivity index (χ2n) is 9.50. The summed E-state index contributed by atoms with van der Waals surface area (Å²) in [6.07, 6.45) is 1.01. The molecule has 3 heterocycles. The molecule has 7 heteroatoms. The number of hydrogen-bond donors (Lipinski definition) is 3. The predicted octanol–water partition coefficient (Wildman–Crippen LogP) is 2.60. The van der Waals surface area contributed by atoms with Gasteiger partial charge in [-0.05, 0) is 42.2 Å². The van der Waals surface area contributed by atoms with Crippen molar-refractivity contribution in [2.45, 2.75) is 24.4 Å². The van der Waals surface area contributed by atoms with Crippen molar-refractivity contribution in [2.75, 3.05) is 11.9 Å². The van der Waals surface area contributed by atoms with Crippen LogP contribution in [0, 0.1) is 11.8 Å². The molecule has 3 aromatic rings. The molecule has 0 aliphatic carbocycles. The lowest BCUT2D eigenvalue weighted by Crippen LogP contribution is -2.53. The van der Waals surface area contributed by atoms with E-state index in [4.69, 9.17) is 0 Å². The van der Waals surface area contributed by atoms with Crippen molar-refractivity contribution in [3.8, 4) is 5.75 Å². The molecule has 3 N–H and O–H groups in total. The predicted molar refractivity (Wildman–Crippen MR) is 129 cm³/mol. The highest BCUT2D eigenvalue weighted by atomic mass is 16.3. The second kappa shape index (κ2) is 8.06. The number of para-hydroxylation sites is 1. The molecule has 0 radical (unpaired) electrons. The van der Waals surface area contributed by atoms with E-state index in [2.05, 4.69) is 10.6 Å². The van der Waals surface area contributed by atoms with Crippen LogP contribution in [-0.4, -0.2) is 40.3 Å². The summed E-state index contributed by atoms with van der Waals surface area (Å²) in [6.45, 7) is 0.278. The maximum absolute atomic E-state index is 13.8. The van der Waals surface area contributed by atoms with Gasteiger partial charge in [0.2, 0.25) is 17.7 Å². The topological polar surface area (TPSA) is 98.7 Å². The maximum atomic E-state index is 13.8. The molecular formula is C28H25N3O4. The lowest BCUT2D eigenvalue weighted by atomic mass is 9.76. The number of nitrogens with one attached hydrogen (secondary N) is 2. The molecule has 35 heavy (non-hydrogen) atoms. The van der Waals surface area contributed by atoms with Gasteiger partial charge >= 0.3 is 0 Å². The van der Waals surface area contributed by atoms with Crippen LogP contribution in [0.15, 0.2) is 78.9 Å². The van der Waals surface area contributed by atoms with E-state index in [9.17, 15) is 19.5 Å². The van der Waals surface area contributed by atoms with E-state index in [0.29, 0.717) is 24.1 Å². The van der Waals surface area contributed by atoms with Crippen molar-refractivity contribution >= 4 is 23.4 Å². The van der Waals surface area contributed by atoms with Crippen LogP contribution in [0.4, 0.5) is 5.69 Å². The highest BCUT2D eigenvalue weighted by Gasteiger charge is 2.70. The smallest absolute Gasteiger partial charge is 0.250 e. The molecule has 3 aliphatic rings. The SMILES string of the molecule is O=C1[C@H]2[C@@H](C(=O)N1CCc1ccccc1)[C@]1(N[C@@H]2Cc2ccc(O)cc2)C(=O)Nc2ccccc21. The summed E-state index contributed by atoms with van der Waals surface area (Å²) in [4.78, 5) is 42.4. The summed E-state index contributed by atoms with van der Waals surface area (Å²) in [6, 6.07) is 23.5. The van der Waals surface area contributed by atoms with Crippen molar-refractivity contribution < 1.29 is 19.5 Å². The number of likely N-dealkylation sites (tertiary alicyclic amines) is 1. The van der Waals surface area contributed by atoms with Gasteiger partial charge in [0, 0.05) is 23.8 Å². The second-order valence-corrected chi connectivity index (χ2v) is 9.50. The highest BCUT2D eigenvalue weighted by molar-refractivity contribution is 6.15. The minimum Gasteiger partial charge on any atom is -0.508 e. The Morgan fingerprint density at radius 1 is 0.829 bits per heavy atom. The largest absolute Gasteiger partial charge is 0.508 e. The zero-order valence-corrected chi connectivity index (χ0v) is 19.0. The zero-order valence-electron chi connectivity index (χ0n) is 19.0. The lowest BCUT2D eigenvalue weighted by molar-refractivity contribution is -0.142. The number of phenols is 1. The van der Waals surface area contributed by atoms with Crippen molar-refractivity contribution in [3.05, 3.63) is 95.6 Å². The number of aromatic hydroxyl groups is 1. The van der Waals surface area contributed by atoms with Gasteiger partial charge in [-0.15, -0.1) is 0 Å². The molecule has 3 aliphatic heterocycles. The third-order valence-corrected chi connectivity index (χ3v) is 7.57. The van der Waals surface area contributed by atoms with E-state index in [1.54, 1.807) is 24.3 Å². The van der Waals surface area contributed by atoms with Crippen LogP contribution in [0.25, 0.3) is 0 Å². The fourth-order valence-electron chi connectivity index (χ4n) is 5.98. The quantitative estimate of drug-likeness (QED) is 0.501. The molecule has 0 bridgehead atoms. The summed E-state index contributed by atoms with van der Waals surface area (Å²) < 4.78 is 0. The molecule has 3 aromatic carbocycles. The van der Waals surface area contributed by atoms with Gasteiger partial charge in [-0.1, -0.05) is 60.7 Å². The normalized spacial score (nSPS) is 26.8. The van der Waals surface area contributed by atoms with Crippen molar-refractivity contribution in [1.29, 1.82) is 0 Å². The molecule has 176 valence electrons. The Labute approximate surface area is 202 Å². The Bertz CT molecular complexity index is 1320. The van der Waals surface area contributed by atoms with Gasteiger partial charge in [0.1, 0.15) is 11.3 Å². The third kappa shape index (κ3) is 3.26. The number of benzene rings is 3. The van der Waals surface area contributed by atoms with Crippen LogP contribution in [0.2, 0.25) is 0 Å². The van der Waals surface area contributed by atoms with Crippen LogP contribution >= 0.6 is 0 Å². The summed E-state index contributed by atoms with van der Waals surface area (Å²) >= 11 is 0. The fourth-order valence-corrected chi connectivity index (χ4v) is 5.98. The van der Waals surface area contributed by atoms with Crippen LogP contribution < -0.4 is 10.6 Å². The maximum Gasteiger partial charge on any atom is 0.250 e. The minimum atomic E-state index is -1.29. The number of imide groups is 1. The summed E-state index contributed by atoms with van der Waals surface area (Å²) in [5.41, 5.74) is 2.03. The number of phenolic OH excluding ortho intramolecular Hbond substituents is 1. The third-order valence-electron chi connectivity index (χ3n) is 7.57. The Hall–Kier alpha value is -3.97. The molecule has 0 saturated carbocycles. The molecule has 0 unspecified atom stereocenters. The van der Waals surface area contributed by atoms with E-state index < -0.39 is 23.4 Å². The summed E-state index contributed by atoms with van der Waals surface area (Å²) in [5.74, 6) is -2.16. The Morgan fingerprint density at radius 3 is 2.31 bits per heavy atom. The van der Waals surface area contributed by atoms with Gasteiger partial charge in [-0.2, -0.15) is 0 Å². The average molecular weight is 468 g/mol. The van der Waals surface area contributed by atoms with Gasteiger partial charge in [0.05, 0.1) is 11.8 Å². The molecule has 4 atom stereocenters. The van der Waals surface area contributed by atoms with E-state index in [-0.39, 0.29) is 30.0 Å². The molecule has 2 fully saturated rings. The monoisotopic (exact) mass is 467 g/mol. The molecule has 0 aromatic heterocycles. The fraction of sp³-hybridized carbons (Fsp3) is 0.250. The first-order valence-electron chi connectivity index (χ1n) is 11.8. The molecule has 6 rings (SSSR count). The number of carbonyl (C=O) groups is 3. The molecular weight excluding hydrogens is 442 g/mol. The number of rotatable bonds is 5. The molecule has 1 spiro atoms. The van der Waals surface area contributed by atoms with Crippen molar-refractivity contribution in [3.63, 3.8) is 0 Å². The van der Waals surface area contributed by atoms with E-state index in [0.717, 1.165) is 11.1 Å². The van der Waals surface area contributed by atoms with Gasteiger partial charge in [-0.25, -0.2) is 0 Å². The highest BCUT2D eigenvalue weighted by Crippen LogP contribution is 2.53. The van der Waals surface area contributed by atoms with E-state index >= 15 is 0 Å². The molecule has 2 saturated heterocycles. The van der Waals surface area contributed by atoms with Crippen molar-refractivity contribution in [1.82, 2.24) is 10.2 Å². The number of amides is 3. The Kier molecular flexibility index (Phi) is 4.96.